The maximum absolute atomic E-state index is 13.5. The number of hydrogen-bond acceptors (Lipinski definition) is 7. The fourth-order valence-corrected chi connectivity index (χ4v) is 7.71. The maximum Gasteiger partial charge on any atom is 0.337 e. The Kier molecular flexibility index (Phi) is 5.95. The zero-order valence-electron chi connectivity index (χ0n) is 15.5. The van der Waals surface area contributed by atoms with Crippen LogP contribution in [-0.2, 0) is 31.1 Å². The molecule has 3 rings (SSSR count). The molecule has 2 aromatic rings. The van der Waals surface area contributed by atoms with Crippen LogP contribution in [0.15, 0.2) is 40.6 Å². The second kappa shape index (κ2) is 7.94. The van der Waals surface area contributed by atoms with Gasteiger partial charge in [0.05, 0.1) is 29.1 Å². The van der Waals surface area contributed by atoms with Gasteiger partial charge in [0.1, 0.15) is 0 Å². The van der Waals surface area contributed by atoms with Gasteiger partial charge in [0, 0.05) is 17.5 Å². The van der Waals surface area contributed by atoms with E-state index in [0.717, 1.165) is 4.88 Å². The SMILES string of the molecule is COC(=O)c1ccc(C)c(S(=O)(=O)N(Cc2cccs2)C2CCS(=O)(=O)C2)c1. The van der Waals surface area contributed by atoms with E-state index in [4.69, 9.17) is 4.74 Å². The number of methoxy groups -OCH3 is 1. The van der Waals surface area contributed by atoms with Crippen molar-refractivity contribution in [1.82, 2.24) is 4.31 Å². The Labute approximate surface area is 168 Å². The van der Waals surface area contributed by atoms with E-state index in [1.165, 1.54) is 34.9 Å². The number of sulfonamides is 1. The Morgan fingerprint density at radius 1 is 1.32 bits per heavy atom. The summed E-state index contributed by atoms with van der Waals surface area (Å²) in [5.41, 5.74) is 0.603. The van der Waals surface area contributed by atoms with Gasteiger partial charge in [-0.15, -0.1) is 11.3 Å². The summed E-state index contributed by atoms with van der Waals surface area (Å²) in [5.74, 6) is -0.868. The van der Waals surface area contributed by atoms with Crippen molar-refractivity contribution in [1.29, 1.82) is 0 Å². The van der Waals surface area contributed by atoms with Gasteiger partial charge in [-0.05, 0) is 42.5 Å². The fourth-order valence-electron chi connectivity index (χ4n) is 3.22. The van der Waals surface area contributed by atoms with E-state index in [9.17, 15) is 21.6 Å². The summed E-state index contributed by atoms with van der Waals surface area (Å²) in [6.45, 7) is 1.73. The lowest BCUT2D eigenvalue weighted by molar-refractivity contribution is 0.0600. The van der Waals surface area contributed by atoms with E-state index >= 15 is 0 Å². The van der Waals surface area contributed by atoms with E-state index in [1.54, 1.807) is 13.0 Å². The summed E-state index contributed by atoms with van der Waals surface area (Å²) in [5, 5.41) is 1.84. The number of esters is 1. The number of benzene rings is 1. The third-order valence-electron chi connectivity index (χ3n) is 4.70. The van der Waals surface area contributed by atoms with Gasteiger partial charge in [0.2, 0.25) is 10.0 Å². The predicted octanol–water partition coefficient (Wildman–Crippen LogP) is 2.22. The van der Waals surface area contributed by atoms with Crippen molar-refractivity contribution in [3.05, 3.63) is 51.7 Å². The lowest BCUT2D eigenvalue weighted by atomic mass is 10.1. The Morgan fingerprint density at radius 3 is 2.64 bits per heavy atom. The number of carbonyl (C=O) groups is 1. The first-order valence-electron chi connectivity index (χ1n) is 8.57. The van der Waals surface area contributed by atoms with E-state index < -0.39 is 31.9 Å². The molecule has 1 saturated heterocycles. The molecule has 1 aromatic heterocycles. The Morgan fingerprint density at radius 2 is 2.07 bits per heavy atom. The van der Waals surface area contributed by atoms with Gasteiger partial charge in [-0.3, -0.25) is 0 Å². The van der Waals surface area contributed by atoms with Crippen LogP contribution in [0.2, 0.25) is 0 Å². The number of ether oxygens (including phenoxy) is 1. The predicted molar refractivity (Wildman–Crippen MR) is 107 cm³/mol. The molecule has 2 heterocycles. The molecular formula is C18H21NO6S3. The molecule has 0 aliphatic carbocycles. The van der Waals surface area contributed by atoms with Crippen molar-refractivity contribution in [2.24, 2.45) is 0 Å². The number of carbonyl (C=O) groups excluding carboxylic acids is 1. The van der Waals surface area contributed by atoms with Crippen molar-refractivity contribution >= 4 is 37.2 Å². The van der Waals surface area contributed by atoms with E-state index in [-0.39, 0.29) is 34.9 Å². The van der Waals surface area contributed by atoms with Crippen LogP contribution in [-0.4, -0.2) is 51.8 Å². The molecule has 1 aromatic carbocycles. The molecule has 0 amide bonds. The van der Waals surface area contributed by atoms with Crippen LogP contribution in [0.3, 0.4) is 0 Å². The number of aryl methyl sites for hydroxylation is 1. The molecule has 152 valence electrons. The first kappa shape index (κ1) is 21.0. The highest BCUT2D eigenvalue weighted by Gasteiger charge is 2.39. The zero-order chi connectivity index (χ0) is 20.5. The number of nitrogens with zero attached hydrogens (tertiary/aromatic N) is 1. The summed E-state index contributed by atoms with van der Waals surface area (Å²) in [6, 6.07) is 7.34. The lowest BCUT2D eigenvalue weighted by Gasteiger charge is -2.27. The standard InChI is InChI=1S/C18H21NO6S3/c1-13-5-6-14(18(20)25-2)10-17(13)28(23,24)19(11-16-4-3-8-26-16)15-7-9-27(21,22)12-15/h3-6,8,10,15H,7,9,11-12H2,1-2H3. The van der Waals surface area contributed by atoms with Crippen LogP contribution in [0, 0.1) is 6.92 Å². The average Bonchev–Trinajstić information content (AvgIpc) is 3.28. The van der Waals surface area contributed by atoms with Gasteiger partial charge < -0.3 is 4.74 Å². The summed E-state index contributed by atoms with van der Waals surface area (Å²) in [6.07, 6.45) is 0.253. The summed E-state index contributed by atoms with van der Waals surface area (Å²) in [7, 11) is -6.09. The number of rotatable bonds is 6. The van der Waals surface area contributed by atoms with Crippen LogP contribution < -0.4 is 0 Å². The average molecular weight is 444 g/mol. The van der Waals surface area contributed by atoms with Crippen LogP contribution in [0.4, 0.5) is 0 Å². The molecule has 1 unspecified atom stereocenters. The molecule has 0 spiro atoms. The van der Waals surface area contributed by atoms with Crippen LogP contribution in [0.25, 0.3) is 0 Å². The van der Waals surface area contributed by atoms with Crippen molar-refractivity contribution in [2.45, 2.75) is 30.8 Å². The topological polar surface area (TPSA) is 97.8 Å². The second-order valence-corrected chi connectivity index (χ2v) is 11.8. The molecule has 0 bridgehead atoms. The Balaban J connectivity index is 2.06. The molecule has 0 N–H and O–H groups in total. The van der Waals surface area contributed by atoms with Crippen molar-refractivity contribution in [3.63, 3.8) is 0 Å². The third-order valence-corrected chi connectivity index (χ3v) is 9.36. The minimum Gasteiger partial charge on any atom is -0.465 e. The van der Waals surface area contributed by atoms with Crippen molar-refractivity contribution in [2.75, 3.05) is 18.6 Å². The Hall–Kier alpha value is -1.75. The minimum atomic E-state index is -4.04. The number of thiophene rings is 1. The summed E-state index contributed by atoms with van der Waals surface area (Å²) >= 11 is 1.41. The molecule has 28 heavy (non-hydrogen) atoms. The third kappa shape index (κ3) is 4.29. The highest BCUT2D eigenvalue weighted by atomic mass is 32.2. The van der Waals surface area contributed by atoms with Gasteiger partial charge in [0.15, 0.2) is 9.84 Å². The molecule has 10 heteroatoms. The largest absolute Gasteiger partial charge is 0.465 e. The van der Waals surface area contributed by atoms with Gasteiger partial charge in [0.25, 0.3) is 0 Å². The summed E-state index contributed by atoms with van der Waals surface area (Å²) in [4.78, 5) is 12.7. The highest BCUT2D eigenvalue weighted by molar-refractivity contribution is 7.92. The molecule has 1 aliphatic rings. The maximum atomic E-state index is 13.5. The molecule has 0 saturated carbocycles. The molecule has 0 radical (unpaired) electrons. The second-order valence-electron chi connectivity index (χ2n) is 6.66. The minimum absolute atomic E-state index is 0.0174. The molecule has 1 atom stereocenters. The van der Waals surface area contributed by atoms with Crippen LogP contribution in [0.1, 0.15) is 27.2 Å². The highest BCUT2D eigenvalue weighted by Crippen LogP contribution is 2.30. The number of sulfone groups is 1. The molecule has 1 fully saturated rings. The summed E-state index contributed by atoms with van der Waals surface area (Å²) < 4.78 is 57.0. The lowest BCUT2D eigenvalue weighted by Crippen LogP contribution is -2.40. The van der Waals surface area contributed by atoms with Crippen LogP contribution >= 0.6 is 11.3 Å². The van der Waals surface area contributed by atoms with Gasteiger partial charge in [-0.25, -0.2) is 21.6 Å². The first-order chi connectivity index (χ1) is 13.1. The van der Waals surface area contributed by atoms with Gasteiger partial charge in [-0.1, -0.05) is 12.1 Å². The first-order valence-corrected chi connectivity index (χ1v) is 12.7. The monoisotopic (exact) mass is 443 g/mol. The zero-order valence-corrected chi connectivity index (χ0v) is 17.9. The molecular weight excluding hydrogens is 422 g/mol. The van der Waals surface area contributed by atoms with E-state index in [0.29, 0.717) is 5.56 Å². The van der Waals surface area contributed by atoms with Crippen LogP contribution in [0.5, 0.6) is 0 Å². The normalized spacial score (nSPS) is 19.0. The van der Waals surface area contributed by atoms with Gasteiger partial charge in [-0.2, -0.15) is 4.31 Å². The molecule has 7 nitrogen and oxygen atoms in total. The quantitative estimate of drug-likeness (QED) is 0.635. The van der Waals surface area contributed by atoms with Gasteiger partial charge >= 0.3 is 5.97 Å². The molecule has 1 aliphatic heterocycles. The van der Waals surface area contributed by atoms with E-state index in [1.807, 2.05) is 17.5 Å². The van der Waals surface area contributed by atoms with Crippen molar-refractivity contribution in [3.8, 4) is 0 Å². The number of hydrogen-bond donors (Lipinski definition) is 0. The smallest absolute Gasteiger partial charge is 0.337 e. The van der Waals surface area contributed by atoms with Crippen molar-refractivity contribution < 1.29 is 26.4 Å². The fraction of sp³-hybridized carbons (Fsp3) is 0.389. The van der Waals surface area contributed by atoms with E-state index in [2.05, 4.69) is 0 Å². The Bertz CT molecular complexity index is 1070.